The van der Waals surface area contributed by atoms with Crippen LogP contribution in [0.2, 0.25) is 0 Å². The van der Waals surface area contributed by atoms with E-state index in [0.29, 0.717) is 18.8 Å². The van der Waals surface area contributed by atoms with Gasteiger partial charge in [0.2, 0.25) is 0 Å². The van der Waals surface area contributed by atoms with Crippen molar-refractivity contribution in [1.82, 2.24) is 5.32 Å². The van der Waals surface area contributed by atoms with E-state index in [0.717, 1.165) is 22.7 Å². The van der Waals surface area contributed by atoms with E-state index in [4.69, 9.17) is 14.6 Å². The quantitative estimate of drug-likeness (QED) is 0.328. The van der Waals surface area contributed by atoms with Crippen molar-refractivity contribution in [3.05, 3.63) is 96.1 Å². The number of rotatable bonds is 8. The highest BCUT2D eigenvalue weighted by molar-refractivity contribution is 5.86. The van der Waals surface area contributed by atoms with Crippen LogP contribution in [0.3, 0.4) is 0 Å². The summed E-state index contributed by atoms with van der Waals surface area (Å²) in [5.74, 6) is 0.427. The molecule has 0 radical (unpaired) electrons. The molecule has 1 aliphatic rings. The number of aliphatic carboxylic acids is 1. The van der Waals surface area contributed by atoms with Crippen LogP contribution < -0.4 is 19.7 Å². The zero-order valence-electron chi connectivity index (χ0n) is 20.5. The lowest BCUT2D eigenvalue weighted by Crippen LogP contribution is -2.44. The van der Waals surface area contributed by atoms with Crippen LogP contribution in [-0.2, 0) is 4.79 Å². The Bertz CT molecular complexity index is 1380. The van der Waals surface area contributed by atoms with E-state index >= 15 is 0 Å². The normalized spacial score (nSPS) is 15.7. The monoisotopic (exact) mass is 482 g/mol. The van der Waals surface area contributed by atoms with Crippen molar-refractivity contribution in [2.75, 3.05) is 24.6 Å². The lowest BCUT2D eigenvalue weighted by atomic mass is 9.99. The largest absolute Gasteiger partial charge is 0.485 e. The van der Waals surface area contributed by atoms with Crippen molar-refractivity contribution < 1.29 is 19.4 Å². The molecule has 36 heavy (non-hydrogen) atoms. The summed E-state index contributed by atoms with van der Waals surface area (Å²) in [5, 5.41) is 15.1. The SMILES string of the molecule is Cc1cc(N2CC(CNC(C)c3cccc4ccccc34)Oc3ccccc32)ccc1OCC(=O)O. The molecule has 184 valence electrons. The zero-order chi connectivity index (χ0) is 25.1. The number of nitrogens with zero attached hydrogens (tertiary/aromatic N) is 1. The van der Waals surface area contributed by atoms with Crippen LogP contribution in [0, 0.1) is 6.92 Å². The minimum Gasteiger partial charge on any atom is -0.485 e. The molecule has 1 heterocycles. The average molecular weight is 483 g/mol. The first-order valence-corrected chi connectivity index (χ1v) is 12.2. The summed E-state index contributed by atoms with van der Waals surface area (Å²) in [6, 6.07) is 28.9. The molecular formula is C30H30N2O4. The summed E-state index contributed by atoms with van der Waals surface area (Å²) in [5.41, 5.74) is 4.18. The summed E-state index contributed by atoms with van der Waals surface area (Å²) in [6.45, 7) is 5.13. The van der Waals surface area contributed by atoms with Crippen LogP contribution in [0.1, 0.15) is 24.1 Å². The lowest BCUT2D eigenvalue weighted by Gasteiger charge is -2.37. The molecule has 6 heteroatoms. The van der Waals surface area contributed by atoms with Crippen molar-refractivity contribution in [3.63, 3.8) is 0 Å². The molecule has 0 fully saturated rings. The van der Waals surface area contributed by atoms with E-state index in [1.807, 2.05) is 43.3 Å². The van der Waals surface area contributed by atoms with Crippen LogP contribution in [-0.4, -0.2) is 36.9 Å². The number of nitrogens with one attached hydrogen (secondary N) is 1. The second-order valence-corrected chi connectivity index (χ2v) is 9.15. The minimum atomic E-state index is -0.992. The van der Waals surface area contributed by atoms with Crippen molar-refractivity contribution >= 4 is 28.1 Å². The molecule has 6 nitrogen and oxygen atoms in total. The average Bonchev–Trinajstić information content (AvgIpc) is 2.90. The second-order valence-electron chi connectivity index (χ2n) is 9.15. The number of para-hydroxylation sites is 2. The van der Waals surface area contributed by atoms with Gasteiger partial charge in [-0.3, -0.25) is 0 Å². The van der Waals surface area contributed by atoms with Gasteiger partial charge in [-0.1, -0.05) is 54.6 Å². The lowest BCUT2D eigenvalue weighted by molar-refractivity contribution is -0.139. The molecule has 4 aromatic carbocycles. The van der Waals surface area contributed by atoms with Gasteiger partial charge in [0.1, 0.15) is 17.6 Å². The standard InChI is InChI=1S/C30H30N2O4/c1-20-16-23(14-15-28(20)35-19-30(33)34)32-18-24(36-29-13-6-5-12-27(29)32)17-31-21(2)25-11-7-9-22-8-3-4-10-26(22)25/h3-16,21,24,31H,17-19H2,1-2H3,(H,33,34). The van der Waals surface area contributed by atoms with Gasteiger partial charge in [0, 0.05) is 18.3 Å². The van der Waals surface area contributed by atoms with Gasteiger partial charge in [0.05, 0.1) is 12.2 Å². The number of ether oxygens (including phenoxy) is 2. The number of carboxylic acid groups (broad SMARTS) is 1. The molecule has 2 N–H and O–H groups in total. The molecule has 0 amide bonds. The summed E-state index contributed by atoms with van der Waals surface area (Å²) in [7, 11) is 0. The van der Waals surface area contributed by atoms with Gasteiger partial charge in [-0.25, -0.2) is 4.79 Å². The van der Waals surface area contributed by atoms with Crippen LogP contribution in [0.4, 0.5) is 11.4 Å². The van der Waals surface area contributed by atoms with Gasteiger partial charge >= 0.3 is 5.97 Å². The fourth-order valence-electron chi connectivity index (χ4n) is 4.80. The molecular weight excluding hydrogens is 452 g/mol. The molecule has 2 atom stereocenters. The van der Waals surface area contributed by atoms with E-state index in [1.165, 1.54) is 16.3 Å². The summed E-state index contributed by atoms with van der Waals surface area (Å²) >= 11 is 0. The predicted molar refractivity (Wildman–Crippen MR) is 143 cm³/mol. The number of aryl methyl sites for hydroxylation is 1. The van der Waals surface area contributed by atoms with Crippen molar-refractivity contribution in [2.45, 2.75) is 26.0 Å². The number of carboxylic acids is 1. The molecule has 0 saturated heterocycles. The van der Waals surface area contributed by atoms with E-state index in [2.05, 4.69) is 65.7 Å². The number of hydrogen-bond acceptors (Lipinski definition) is 5. The Morgan fingerprint density at radius 1 is 1.08 bits per heavy atom. The zero-order valence-corrected chi connectivity index (χ0v) is 20.5. The maximum absolute atomic E-state index is 10.9. The van der Waals surface area contributed by atoms with E-state index < -0.39 is 5.97 Å². The Balaban J connectivity index is 1.34. The maximum atomic E-state index is 10.9. The highest BCUT2D eigenvalue weighted by atomic mass is 16.5. The number of anilines is 2. The Hall–Kier alpha value is -4.03. The fourth-order valence-corrected chi connectivity index (χ4v) is 4.80. The smallest absolute Gasteiger partial charge is 0.341 e. The Morgan fingerprint density at radius 3 is 2.69 bits per heavy atom. The van der Waals surface area contributed by atoms with Gasteiger partial charge in [-0.05, 0) is 66.1 Å². The number of benzene rings is 4. The Kier molecular flexibility index (Phi) is 6.78. The number of fused-ring (bicyclic) bond motifs is 2. The summed E-state index contributed by atoms with van der Waals surface area (Å²) < 4.78 is 11.8. The van der Waals surface area contributed by atoms with Gasteiger partial charge in [-0.15, -0.1) is 0 Å². The predicted octanol–water partition coefficient (Wildman–Crippen LogP) is 5.86. The maximum Gasteiger partial charge on any atom is 0.341 e. The van der Waals surface area contributed by atoms with Gasteiger partial charge < -0.3 is 24.8 Å². The molecule has 0 saturated carbocycles. The molecule has 4 aromatic rings. The second kappa shape index (κ2) is 10.3. The van der Waals surface area contributed by atoms with Crippen LogP contribution in [0.15, 0.2) is 84.9 Å². The molecule has 0 spiro atoms. The third-order valence-electron chi connectivity index (χ3n) is 6.60. The number of carbonyl (C=O) groups is 1. The molecule has 0 aromatic heterocycles. The highest BCUT2D eigenvalue weighted by Gasteiger charge is 2.27. The molecule has 0 aliphatic carbocycles. The molecule has 0 bridgehead atoms. The van der Waals surface area contributed by atoms with E-state index in [1.54, 1.807) is 0 Å². The van der Waals surface area contributed by atoms with Crippen LogP contribution >= 0.6 is 0 Å². The van der Waals surface area contributed by atoms with E-state index in [-0.39, 0.29) is 18.8 Å². The van der Waals surface area contributed by atoms with Gasteiger partial charge in [0.25, 0.3) is 0 Å². The van der Waals surface area contributed by atoms with Gasteiger partial charge in [0.15, 0.2) is 6.61 Å². The van der Waals surface area contributed by atoms with Crippen LogP contribution in [0.25, 0.3) is 10.8 Å². The van der Waals surface area contributed by atoms with Crippen molar-refractivity contribution in [1.29, 1.82) is 0 Å². The summed E-state index contributed by atoms with van der Waals surface area (Å²) in [4.78, 5) is 13.1. The first kappa shape index (κ1) is 23.7. The van der Waals surface area contributed by atoms with Crippen LogP contribution in [0.5, 0.6) is 11.5 Å². The molecule has 2 unspecified atom stereocenters. The minimum absolute atomic E-state index is 0.0550. The topological polar surface area (TPSA) is 71.0 Å². The third kappa shape index (κ3) is 4.99. The Labute approximate surface area is 211 Å². The highest BCUT2D eigenvalue weighted by Crippen LogP contribution is 2.39. The van der Waals surface area contributed by atoms with Crippen molar-refractivity contribution in [2.24, 2.45) is 0 Å². The third-order valence-corrected chi connectivity index (χ3v) is 6.60. The Morgan fingerprint density at radius 2 is 1.86 bits per heavy atom. The molecule has 5 rings (SSSR count). The number of hydrogen-bond donors (Lipinski definition) is 2. The first-order valence-electron chi connectivity index (χ1n) is 12.2. The van der Waals surface area contributed by atoms with Crippen molar-refractivity contribution in [3.8, 4) is 11.5 Å². The van der Waals surface area contributed by atoms with Gasteiger partial charge in [-0.2, -0.15) is 0 Å². The summed E-state index contributed by atoms with van der Waals surface area (Å²) in [6.07, 6.45) is -0.0550. The molecule has 1 aliphatic heterocycles. The fraction of sp³-hybridized carbons (Fsp3) is 0.233. The first-order chi connectivity index (χ1) is 17.5. The van der Waals surface area contributed by atoms with E-state index in [9.17, 15) is 4.79 Å².